The Balaban J connectivity index is 1.49. The van der Waals surface area contributed by atoms with Gasteiger partial charge >= 0.3 is 0 Å². The Labute approximate surface area is 143 Å². The Hall–Kier alpha value is -2.32. The molecule has 3 aromatic heterocycles. The van der Waals surface area contributed by atoms with E-state index in [1.54, 1.807) is 12.4 Å². The van der Waals surface area contributed by atoms with E-state index in [0.717, 1.165) is 34.7 Å². The van der Waals surface area contributed by atoms with Crippen LogP contribution in [0.25, 0.3) is 10.7 Å². The van der Waals surface area contributed by atoms with Crippen molar-refractivity contribution in [1.82, 2.24) is 24.7 Å². The van der Waals surface area contributed by atoms with E-state index in [4.69, 9.17) is 0 Å². The van der Waals surface area contributed by atoms with E-state index in [2.05, 4.69) is 25.1 Å². The SMILES string of the molecule is Cn1ccnc1C1(O)CCN(c2nnc(-c3ccccn3)s2)CC1. The van der Waals surface area contributed by atoms with Gasteiger partial charge in [0.1, 0.15) is 17.1 Å². The zero-order valence-corrected chi connectivity index (χ0v) is 14.1. The van der Waals surface area contributed by atoms with Gasteiger partial charge in [-0.15, -0.1) is 10.2 Å². The second kappa shape index (κ2) is 5.95. The molecule has 0 spiro atoms. The molecule has 7 nitrogen and oxygen atoms in total. The smallest absolute Gasteiger partial charge is 0.208 e. The first-order valence-electron chi connectivity index (χ1n) is 7.86. The summed E-state index contributed by atoms with van der Waals surface area (Å²) in [7, 11) is 1.91. The number of nitrogens with zero attached hydrogens (tertiary/aromatic N) is 6. The molecule has 0 aromatic carbocycles. The van der Waals surface area contributed by atoms with E-state index in [0.29, 0.717) is 12.8 Å². The van der Waals surface area contributed by atoms with Crippen LogP contribution in [0.3, 0.4) is 0 Å². The van der Waals surface area contributed by atoms with Crippen molar-refractivity contribution in [2.45, 2.75) is 18.4 Å². The molecule has 1 aliphatic rings. The quantitative estimate of drug-likeness (QED) is 0.782. The lowest BCUT2D eigenvalue weighted by atomic mass is 9.90. The van der Waals surface area contributed by atoms with E-state index >= 15 is 0 Å². The zero-order valence-electron chi connectivity index (χ0n) is 13.3. The predicted octanol–water partition coefficient (Wildman–Crippen LogP) is 1.82. The second-order valence-electron chi connectivity index (χ2n) is 5.99. The van der Waals surface area contributed by atoms with Crippen LogP contribution in [0.1, 0.15) is 18.7 Å². The van der Waals surface area contributed by atoms with E-state index in [-0.39, 0.29) is 0 Å². The van der Waals surface area contributed by atoms with Crippen molar-refractivity contribution in [3.63, 3.8) is 0 Å². The van der Waals surface area contributed by atoms with Crippen molar-refractivity contribution in [2.24, 2.45) is 7.05 Å². The van der Waals surface area contributed by atoms with E-state index in [1.807, 2.05) is 36.0 Å². The molecule has 0 aliphatic carbocycles. The number of aliphatic hydroxyl groups is 1. The van der Waals surface area contributed by atoms with Crippen LogP contribution >= 0.6 is 11.3 Å². The van der Waals surface area contributed by atoms with Crippen molar-refractivity contribution in [3.05, 3.63) is 42.6 Å². The third-order valence-electron chi connectivity index (χ3n) is 4.40. The van der Waals surface area contributed by atoms with Crippen LogP contribution in [0.5, 0.6) is 0 Å². The fraction of sp³-hybridized carbons (Fsp3) is 0.375. The highest BCUT2D eigenvalue weighted by Crippen LogP contribution is 2.35. The van der Waals surface area contributed by atoms with Gasteiger partial charge in [-0.3, -0.25) is 4.98 Å². The molecule has 1 N–H and O–H groups in total. The number of aryl methyl sites for hydroxylation is 1. The Bertz CT molecular complexity index is 822. The minimum atomic E-state index is -0.872. The molecule has 0 bridgehead atoms. The topological polar surface area (TPSA) is 80.0 Å². The van der Waals surface area contributed by atoms with Gasteiger partial charge in [-0.2, -0.15) is 0 Å². The maximum absolute atomic E-state index is 10.9. The molecule has 0 radical (unpaired) electrons. The fourth-order valence-corrected chi connectivity index (χ4v) is 3.91. The van der Waals surface area contributed by atoms with Crippen LogP contribution in [0.15, 0.2) is 36.8 Å². The molecular weight excluding hydrogens is 324 g/mol. The third kappa shape index (κ3) is 2.67. The average molecular weight is 342 g/mol. The van der Waals surface area contributed by atoms with Gasteiger partial charge < -0.3 is 14.6 Å². The van der Waals surface area contributed by atoms with Crippen molar-refractivity contribution in [1.29, 1.82) is 0 Å². The molecular formula is C16H18N6OS. The largest absolute Gasteiger partial charge is 0.382 e. The van der Waals surface area contributed by atoms with Crippen molar-refractivity contribution >= 4 is 16.5 Å². The van der Waals surface area contributed by atoms with Gasteiger partial charge in [0.2, 0.25) is 5.13 Å². The molecule has 0 saturated carbocycles. The van der Waals surface area contributed by atoms with Gasteiger partial charge in [0.05, 0.1) is 0 Å². The number of aromatic nitrogens is 5. The molecule has 1 aliphatic heterocycles. The summed E-state index contributed by atoms with van der Waals surface area (Å²) in [5.74, 6) is 0.730. The van der Waals surface area contributed by atoms with Crippen molar-refractivity contribution in [2.75, 3.05) is 18.0 Å². The molecule has 0 amide bonds. The molecule has 1 fully saturated rings. The molecule has 0 unspecified atom stereocenters. The fourth-order valence-electron chi connectivity index (χ4n) is 3.04. The lowest BCUT2D eigenvalue weighted by Crippen LogP contribution is -2.44. The molecule has 24 heavy (non-hydrogen) atoms. The molecule has 0 atom stereocenters. The standard InChI is InChI=1S/C16H18N6OS/c1-21-11-8-18-14(21)16(23)5-9-22(10-6-16)15-20-19-13(24-15)12-4-2-3-7-17-12/h2-4,7-8,11,23H,5-6,9-10H2,1H3. The summed E-state index contributed by atoms with van der Waals surface area (Å²) < 4.78 is 1.89. The monoisotopic (exact) mass is 342 g/mol. The highest BCUT2D eigenvalue weighted by Gasteiger charge is 2.37. The minimum Gasteiger partial charge on any atom is -0.382 e. The summed E-state index contributed by atoms with van der Waals surface area (Å²) in [5, 5.41) is 21.1. The van der Waals surface area contributed by atoms with E-state index in [9.17, 15) is 5.11 Å². The highest BCUT2D eigenvalue weighted by molar-refractivity contribution is 7.18. The number of hydrogen-bond acceptors (Lipinski definition) is 7. The Morgan fingerprint density at radius 1 is 1.12 bits per heavy atom. The summed E-state index contributed by atoms with van der Waals surface area (Å²) in [5.41, 5.74) is -0.0359. The number of rotatable bonds is 3. The van der Waals surface area contributed by atoms with Crippen molar-refractivity contribution < 1.29 is 5.11 Å². The number of anilines is 1. The first-order chi connectivity index (χ1) is 11.7. The molecule has 124 valence electrons. The molecule has 4 heterocycles. The second-order valence-corrected chi connectivity index (χ2v) is 6.94. The van der Waals surface area contributed by atoms with Crippen LogP contribution in [-0.2, 0) is 12.6 Å². The van der Waals surface area contributed by atoms with Crippen LogP contribution < -0.4 is 4.90 Å². The van der Waals surface area contributed by atoms with Crippen LogP contribution in [0.2, 0.25) is 0 Å². The van der Waals surface area contributed by atoms with Gasteiger partial charge in [0.15, 0.2) is 5.01 Å². The third-order valence-corrected chi connectivity index (χ3v) is 5.40. The normalized spacial score (nSPS) is 17.2. The highest BCUT2D eigenvalue weighted by atomic mass is 32.1. The number of imidazole rings is 1. The Morgan fingerprint density at radius 3 is 2.62 bits per heavy atom. The van der Waals surface area contributed by atoms with Crippen LogP contribution in [0.4, 0.5) is 5.13 Å². The van der Waals surface area contributed by atoms with Gasteiger partial charge in [0.25, 0.3) is 0 Å². The first-order valence-corrected chi connectivity index (χ1v) is 8.67. The Kier molecular flexibility index (Phi) is 3.78. The maximum atomic E-state index is 10.9. The maximum Gasteiger partial charge on any atom is 0.208 e. The first kappa shape index (κ1) is 15.2. The van der Waals surface area contributed by atoms with Gasteiger partial charge in [-0.25, -0.2) is 4.98 Å². The molecule has 3 aromatic rings. The summed E-state index contributed by atoms with van der Waals surface area (Å²) in [6.45, 7) is 1.44. The summed E-state index contributed by atoms with van der Waals surface area (Å²) in [6, 6.07) is 5.76. The van der Waals surface area contributed by atoms with Gasteiger partial charge in [-0.1, -0.05) is 17.4 Å². The summed E-state index contributed by atoms with van der Waals surface area (Å²) >= 11 is 1.53. The average Bonchev–Trinajstić information content (AvgIpc) is 3.26. The van der Waals surface area contributed by atoms with Gasteiger partial charge in [0, 0.05) is 51.6 Å². The lowest BCUT2D eigenvalue weighted by molar-refractivity contribution is 0.000762. The van der Waals surface area contributed by atoms with Crippen molar-refractivity contribution in [3.8, 4) is 10.7 Å². The lowest BCUT2D eigenvalue weighted by Gasteiger charge is -2.37. The number of piperidine rings is 1. The van der Waals surface area contributed by atoms with Gasteiger partial charge in [-0.05, 0) is 12.1 Å². The molecule has 4 rings (SSSR count). The van der Waals surface area contributed by atoms with Crippen LogP contribution in [0, 0.1) is 0 Å². The minimum absolute atomic E-state index is 0.621. The van der Waals surface area contributed by atoms with Crippen LogP contribution in [-0.4, -0.2) is 42.9 Å². The number of hydrogen-bond donors (Lipinski definition) is 1. The Morgan fingerprint density at radius 2 is 1.96 bits per heavy atom. The summed E-state index contributed by atoms with van der Waals surface area (Å²) in [6.07, 6.45) is 6.59. The number of pyridine rings is 1. The van der Waals surface area contributed by atoms with E-state index in [1.165, 1.54) is 11.3 Å². The molecule has 1 saturated heterocycles. The predicted molar refractivity (Wildman–Crippen MR) is 91.7 cm³/mol. The zero-order chi connectivity index (χ0) is 16.6. The van der Waals surface area contributed by atoms with E-state index < -0.39 is 5.60 Å². The summed E-state index contributed by atoms with van der Waals surface area (Å²) in [4.78, 5) is 10.8. The molecule has 8 heteroatoms.